The lowest BCUT2D eigenvalue weighted by atomic mass is 10.1. The number of terminal acetylenes is 1. The van der Waals surface area contributed by atoms with Crippen molar-refractivity contribution in [3.63, 3.8) is 0 Å². The van der Waals surface area contributed by atoms with Gasteiger partial charge in [0.25, 0.3) is 0 Å². The Kier molecular flexibility index (Phi) is 1.90. The summed E-state index contributed by atoms with van der Waals surface area (Å²) in [6.45, 7) is 1.82. The number of rotatable bonds is 0. The Labute approximate surface area is 65.5 Å². The molecule has 0 aliphatic heterocycles. The predicted molar refractivity (Wildman–Crippen MR) is 41.6 cm³/mol. The summed E-state index contributed by atoms with van der Waals surface area (Å²) < 4.78 is 0. The maximum Gasteiger partial charge on any atom is 0.101 e. The molecule has 0 radical (unpaired) electrons. The Balaban J connectivity index is 3.29. The van der Waals surface area contributed by atoms with Gasteiger partial charge in [-0.25, -0.2) is 0 Å². The molecule has 0 spiro atoms. The Morgan fingerprint density at radius 1 is 1.64 bits per heavy atom. The Morgan fingerprint density at radius 2 is 2.36 bits per heavy atom. The van der Waals surface area contributed by atoms with E-state index in [0.29, 0.717) is 11.1 Å². The fraction of sp³-hybridized carbons (Fsp3) is 0.111. The Hall–Kier alpha value is -1.80. The van der Waals surface area contributed by atoms with Gasteiger partial charge >= 0.3 is 0 Å². The van der Waals surface area contributed by atoms with Gasteiger partial charge in [0, 0.05) is 11.8 Å². The predicted octanol–water partition coefficient (Wildman–Crippen LogP) is 1.24. The van der Waals surface area contributed by atoms with E-state index < -0.39 is 0 Å². The first-order chi connectivity index (χ1) is 5.27. The molecule has 1 heterocycles. The molecule has 0 unspecified atom stereocenters. The van der Waals surface area contributed by atoms with Gasteiger partial charge in [-0.1, -0.05) is 5.92 Å². The molecular formula is C9H6N2. The summed E-state index contributed by atoms with van der Waals surface area (Å²) in [5.41, 5.74) is 1.97. The van der Waals surface area contributed by atoms with Crippen molar-refractivity contribution in [3.8, 4) is 18.4 Å². The SMILES string of the molecule is C#Cc1cc(C#N)cnc1C. The molecule has 0 saturated heterocycles. The highest BCUT2D eigenvalue weighted by Gasteiger charge is 1.96. The van der Waals surface area contributed by atoms with Gasteiger partial charge in [0.2, 0.25) is 0 Å². The highest BCUT2D eigenvalue weighted by molar-refractivity contribution is 5.41. The van der Waals surface area contributed by atoms with E-state index in [1.807, 2.05) is 13.0 Å². The van der Waals surface area contributed by atoms with Crippen molar-refractivity contribution in [3.05, 3.63) is 29.1 Å². The molecule has 0 bridgehead atoms. The summed E-state index contributed by atoms with van der Waals surface area (Å²) >= 11 is 0. The lowest BCUT2D eigenvalue weighted by molar-refractivity contribution is 1.17. The second-order valence-electron chi connectivity index (χ2n) is 2.11. The van der Waals surface area contributed by atoms with E-state index in [1.54, 1.807) is 6.07 Å². The van der Waals surface area contributed by atoms with Crippen LogP contribution in [-0.4, -0.2) is 4.98 Å². The van der Waals surface area contributed by atoms with Crippen molar-refractivity contribution < 1.29 is 0 Å². The second-order valence-corrected chi connectivity index (χ2v) is 2.11. The van der Waals surface area contributed by atoms with Gasteiger partial charge in [0.15, 0.2) is 0 Å². The number of nitriles is 1. The first-order valence-electron chi connectivity index (χ1n) is 3.11. The smallest absolute Gasteiger partial charge is 0.101 e. The number of aromatic nitrogens is 1. The van der Waals surface area contributed by atoms with Crippen molar-refractivity contribution >= 4 is 0 Å². The van der Waals surface area contributed by atoms with Crippen LogP contribution in [0.25, 0.3) is 0 Å². The average Bonchev–Trinajstić information content (AvgIpc) is 2.05. The molecule has 2 nitrogen and oxygen atoms in total. The normalized spacial score (nSPS) is 8.27. The van der Waals surface area contributed by atoms with Crippen LogP contribution in [0, 0.1) is 30.6 Å². The third-order valence-electron chi connectivity index (χ3n) is 1.37. The fourth-order valence-corrected chi connectivity index (χ4v) is 0.740. The molecular weight excluding hydrogens is 136 g/mol. The number of hydrogen-bond donors (Lipinski definition) is 0. The molecule has 11 heavy (non-hydrogen) atoms. The lowest BCUT2D eigenvalue weighted by Gasteiger charge is -1.95. The van der Waals surface area contributed by atoms with E-state index >= 15 is 0 Å². The van der Waals surface area contributed by atoms with Gasteiger partial charge in [0.1, 0.15) is 6.07 Å². The minimum atomic E-state index is 0.503. The molecule has 0 aliphatic rings. The lowest BCUT2D eigenvalue weighted by Crippen LogP contribution is -1.88. The number of nitrogens with zero attached hydrogens (tertiary/aromatic N) is 2. The van der Waals surface area contributed by atoms with Gasteiger partial charge in [-0.3, -0.25) is 4.98 Å². The van der Waals surface area contributed by atoms with Crippen LogP contribution in [0.1, 0.15) is 16.8 Å². The van der Waals surface area contributed by atoms with E-state index in [0.717, 1.165) is 5.69 Å². The summed E-state index contributed by atoms with van der Waals surface area (Å²) in [7, 11) is 0. The molecule has 0 N–H and O–H groups in total. The Bertz CT molecular complexity index is 353. The van der Waals surface area contributed by atoms with Crippen LogP contribution in [0.15, 0.2) is 12.3 Å². The second kappa shape index (κ2) is 2.86. The summed E-state index contributed by atoms with van der Waals surface area (Å²) in [4.78, 5) is 3.96. The summed E-state index contributed by atoms with van der Waals surface area (Å²) in [5.74, 6) is 2.46. The number of aryl methyl sites for hydroxylation is 1. The topological polar surface area (TPSA) is 36.7 Å². The van der Waals surface area contributed by atoms with Gasteiger partial charge in [0.05, 0.1) is 11.3 Å². The monoisotopic (exact) mass is 142 g/mol. The summed E-state index contributed by atoms with van der Waals surface area (Å²) in [6, 6.07) is 3.63. The fourth-order valence-electron chi connectivity index (χ4n) is 0.740. The zero-order valence-electron chi connectivity index (χ0n) is 6.13. The first kappa shape index (κ1) is 7.31. The minimum absolute atomic E-state index is 0.503. The zero-order chi connectivity index (χ0) is 8.27. The van der Waals surface area contributed by atoms with Crippen LogP contribution >= 0.6 is 0 Å². The largest absolute Gasteiger partial charge is 0.259 e. The van der Waals surface area contributed by atoms with Crippen molar-refractivity contribution in [2.75, 3.05) is 0 Å². The van der Waals surface area contributed by atoms with Crippen LogP contribution in [0.3, 0.4) is 0 Å². The molecule has 2 heteroatoms. The van der Waals surface area contributed by atoms with Crippen LogP contribution < -0.4 is 0 Å². The highest BCUT2D eigenvalue weighted by Crippen LogP contribution is 2.04. The molecule has 1 aromatic rings. The van der Waals surface area contributed by atoms with E-state index in [9.17, 15) is 0 Å². The third-order valence-corrected chi connectivity index (χ3v) is 1.37. The molecule has 0 atom stereocenters. The van der Waals surface area contributed by atoms with E-state index in [-0.39, 0.29) is 0 Å². The van der Waals surface area contributed by atoms with Crippen molar-refractivity contribution in [2.24, 2.45) is 0 Å². The highest BCUT2D eigenvalue weighted by atomic mass is 14.7. The van der Waals surface area contributed by atoms with Crippen LogP contribution in [0.5, 0.6) is 0 Å². The van der Waals surface area contributed by atoms with Crippen LogP contribution in [0.4, 0.5) is 0 Å². The van der Waals surface area contributed by atoms with Gasteiger partial charge in [-0.15, -0.1) is 6.42 Å². The van der Waals surface area contributed by atoms with Gasteiger partial charge in [-0.2, -0.15) is 5.26 Å². The average molecular weight is 142 g/mol. The summed E-state index contributed by atoms with van der Waals surface area (Å²) in [6.07, 6.45) is 6.68. The van der Waals surface area contributed by atoms with Gasteiger partial charge < -0.3 is 0 Å². The molecule has 0 saturated carbocycles. The maximum atomic E-state index is 8.49. The molecule has 0 aliphatic carbocycles. The van der Waals surface area contributed by atoms with E-state index in [1.165, 1.54) is 6.20 Å². The molecule has 0 aromatic carbocycles. The maximum absolute atomic E-state index is 8.49. The van der Waals surface area contributed by atoms with E-state index in [4.69, 9.17) is 11.7 Å². The van der Waals surface area contributed by atoms with Gasteiger partial charge in [-0.05, 0) is 13.0 Å². The molecule has 52 valence electrons. The number of hydrogen-bond acceptors (Lipinski definition) is 2. The minimum Gasteiger partial charge on any atom is -0.259 e. The molecule has 0 amide bonds. The van der Waals surface area contributed by atoms with E-state index in [2.05, 4.69) is 10.9 Å². The van der Waals surface area contributed by atoms with Crippen molar-refractivity contribution in [1.29, 1.82) is 5.26 Å². The third kappa shape index (κ3) is 1.36. The first-order valence-corrected chi connectivity index (χ1v) is 3.11. The standard InChI is InChI=1S/C9H6N2/c1-3-9-4-8(5-10)6-11-7(9)2/h1,4,6H,2H3. The zero-order valence-corrected chi connectivity index (χ0v) is 6.13. The Morgan fingerprint density at radius 3 is 2.91 bits per heavy atom. The van der Waals surface area contributed by atoms with Crippen molar-refractivity contribution in [2.45, 2.75) is 6.92 Å². The van der Waals surface area contributed by atoms with Crippen molar-refractivity contribution in [1.82, 2.24) is 4.98 Å². The molecule has 1 rings (SSSR count). The quantitative estimate of drug-likeness (QED) is 0.511. The van der Waals surface area contributed by atoms with Crippen LogP contribution in [-0.2, 0) is 0 Å². The number of pyridine rings is 1. The molecule has 0 fully saturated rings. The molecule has 1 aromatic heterocycles. The summed E-state index contributed by atoms with van der Waals surface area (Å²) in [5, 5.41) is 8.49. The van der Waals surface area contributed by atoms with Crippen LogP contribution in [0.2, 0.25) is 0 Å².